The van der Waals surface area contributed by atoms with Crippen LogP contribution < -0.4 is 5.32 Å². The number of hydrogen-bond acceptors (Lipinski definition) is 3. The van der Waals surface area contributed by atoms with Crippen LogP contribution in [0.15, 0.2) is 35.2 Å². The minimum Gasteiger partial charge on any atom is -0.465 e. The highest BCUT2D eigenvalue weighted by Crippen LogP contribution is 2.30. The second kappa shape index (κ2) is 9.06. The predicted octanol–water partition coefficient (Wildman–Crippen LogP) is 4.03. The van der Waals surface area contributed by atoms with Gasteiger partial charge in [0.1, 0.15) is 0 Å². The first-order chi connectivity index (χ1) is 10.6. The van der Waals surface area contributed by atoms with E-state index in [-0.39, 0.29) is 6.04 Å². The molecule has 0 aromatic heterocycles. The quantitative estimate of drug-likeness (QED) is 0.777. The number of carbonyl (C=O) groups is 1. The molecule has 2 rings (SSSR count). The van der Waals surface area contributed by atoms with Crippen LogP contribution in [0.3, 0.4) is 0 Å². The SMILES string of the molecule is C[C@H](C[C@H](Sc1ccccc1)N1CCCCCC1)NC(=O)O. The Balaban J connectivity index is 2.03. The molecule has 2 N–H and O–H groups in total. The summed E-state index contributed by atoms with van der Waals surface area (Å²) < 4.78 is 0. The van der Waals surface area contributed by atoms with Gasteiger partial charge in [-0.2, -0.15) is 0 Å². The van der Waals surface area contributed by atoms with Crippen molar-refractivity contribution in [1.82, 2.24) is 10.2 Å². The van der Waals surface area contributed by atoms with E-state index in [0.29, 0.717) is 5.37 Å². The van der Waals surface area contributed by atoms with Gasteiger partial charge in [0.2, 0.25) is 0 Å². The zero-order valence-corrected chi connectivity index (χ0v) is 14.0. The topological polar surface area (TPSA) is 52.6 Å². The molecular weight excluding hydrogens is 296 g/mol. The number of benzene rings is 1. The van der Waals surface area contributed by atoms with Crippen LogP contribution in [0.1, 0.15) is 39.0 Å². The van der Waals surface area contributed by atoms with Crippen molar-refractivity contribution < 1.29 is 9.90 Å². The fourth-order valence-electron chi connectivity index (χ4n) is 2.88. The highest BCUT2D eigenvalue weighted by atomic mass is 32.2. The second-order valence-electron chi connectivity index (χ2n) is 5.92. The predicted molar refractivity (Wildman–Crippen MR) is 91.4 cm³/mol. The van der Waals surface area contributed by atoms with Gasteiger partial charge in [-0.05, 0) is 51.4 Å². The third kappa shape index (κ3) is 5.89. The molecule has 0 unspecified atom stereocenters. The van der Waals surface area contributed by atoms with E-state index in [4.69, 9.17) is 5.11 Å². The van der Waals surface area contributed by atoms with Crippen molar-refractivity contribution >= 4 is 17.9 Å². The van der Waals surface area contributed by atoms with Crippen LogP contribution >= 0.6 is 11.8 Å². The van der Waals surface area contributed by atoms with E-state index in [1.807, 2.05) is 24.8 Å². The molecule has 0 radical (unpaired) electrons. The molecule has 0 saturated carbocycles. The Morgan fingerprint density at radius 1 is 1.23 bits per heavy atom. The summed E-state index contributed by atoms with van der Waals surface area (Å²) in [5.74, 6) is 0. The van der Waals surface area contributed by atoms with Crippen molar-refractivity contribution in [2.24, 2.45) is 0 Å². The maximum absolute atomic E-state index is 10.8. The van der Waals surface area contributed by atoms with Crippen molar-refractivity contribution in [1.29, 1.82) is 0 Å². The number of hydrogen-bond donors (Lipinski definition) is 2. The Labute approximate surface area is 137 Å². The number of amides is 1. The molecule has 2 atom stereocenters. The smallest absolute Gasteiger partial charge is 0.404 e. The summed E-state index contributed by atoms with van der Waals surface area (Å²) in [5, 5.41) is 11.8. The van der Waals surface area contributed by atoms with Gasteiger partial charge in [0.05, 0.1) is 5.37 Å². The van der Waals surface area contributed by atoms with Gasteiger partial charge in [0.15, 0.2) is 0 Å². The highest BCUT2D eigenvalue weighted by molar-refractivity contribution is 7.99. The number of nitrogens with one attached hydrogen (secondary N) is 1. The number of carboxylic acid groups (broad SMARTS) is 1. The fourth-order valence-corrected chi connectivity index (χ4v) is 4.26. The molecule has 122 valence electrons. The molecule has 1 aromatic carbocycles. The maximum atomic E-state index is 10.8. The summed E-state index contributed by atoms with van der Waals surface area (Å²) >= 11 is 1.85. The third-order valence-corrected chi connectivity index (χ3v) is 5.30. The van der Waals surface area contributed by atoms with Crippen LogP contribution in [0.25, 0.3) is 0 Å². The van der Waals surface area contributed by atoms with Gasteiger partial charge in [0.25, 0.3) is 0 Å². The van der Waals surface area contributed by atoms with Gasteiger partial charge in [-0.3, -0.25) is 4.90 Å². The zero-order chi connectivity index (χ0) is 15.8. The van der Waals surface area contributed by atoms with Crippen molar-refractivity contribution in [3.8, 4) is 0 Å². The van der Waals surface area contributed by atoms with Crippen molar-refractivity contribution in [2.75, 3.05) is 13.1 Å². The van der Waals surface area contributed by atoms with E-state index in [1.165, 1.54) is 30.6 Å². The van der Waals surface area contributed by atoms with E-state index in [0.717, 1.165) is 19.5 Å². The van der Waals surface area contributed by atoms with Gasteiger partial charge in [-0.25, -0.2) is 4.79 Å². The van der Waals surface area contributed by atoms with Crippen molar-refractivity contribution in [3.05, 3.63) is 30.3 Å². The molecule has 1 fully saturated rings. The standard InChI is InChI=1S/C17H26N2O2S/c1-14(18-17(20)21)13-16(19-11-7-2-3-8-12-19)22-15-9-5-4-6-10-15/h4-6,9-10,14,16,18H,2-3,7-8,11-13H2,1H3,(H,20,21)/t14-,16+/m1/s1. The van der Waals surface area contributed by atoms with Crippen LogP contribution in [0, 0.1) is 0 Å². The van der Waals surface area contributed by atoms with Crippen molar-refractivity contribution in [2.45, 2.75) is 55.3 Å². The molecule has 1 heterocycles. The van der Waals surface area contributed by atoms with Crippen LogP contribution in [0.2, 0.25) is 0 Å². The molecule has 5 heteroatoms. The minimum absolute atomic E-state index is 0.0398. The summed E-state index contributed by atoms with van der Waals surface area (Å²) in [5.41, 5.74) is 0. The summed E-state index contributed by atoms with van der Waals surface area (Å²) in [4.78, 5) is 14.6. The largest absolute Gasteiger partial charge is 0.465 e. The van der Waals surface area contributed by atoms with E-state index in [2.05, 4.69) is 34.5 Å². The summed E-state index contributed by atoms with van der Waals surface area (Å²) in [7, 11) is 0. The Morgan fingerprint density at radius 2 is 1.86 bits per heavy atom. The van der Waals surface area contributed by atoms with Crippen LogP contribution in [-0.4, -0.2) is 40.6 Å². The fraction of sp³-hybridized carbons (Fsp3) is 0.588. The molecule has 4 nitrogen and oxygen atoms in total. The lowest BCUT2D eigenvalue weighted by molar-refractivity contribution is 0.186. The molecular formula is C17H26N2O2S. The normalized spacial score (nSPS) is 19.1. The molecule has 0 bridgehead atoms. The molecule has 1 aromatic rings. The van der Waals surface area contributed by atoms with E-state index < -0.39 is 6.09 Å². The Hall–Kier alpha value is -1.20. The van der Waals surface area contributed by atoms with Crippen LogP contribution in [0.5, 0.6) is 0 Å². The highest BCUT2D eigenvalue weighted by Gasteiger charge is 2.23. The maximum Gasteiger partial charge on any atom is 0.404 e. The van der Waals surface area contributed by atoms with Crippen LogP contribution in [0.4, 0.5) is 4.79 Å². The molecule has 1 amide bonds. The van der Waals surface area contributed by atoms with Gasteiger partial charge < -0.3 is 10.4 Å². The Kier molecular flexibility index (Phi) is 7.06. The lowest BCUT2D eigenvalue weighted by Gasteiger charge is -2.32. The Bertz CT molecular complexity index is 447. The first-order valence-electron chi connectivity index (χ1n) is 8.10. The first kappa shape index (κ1) is 17.2. The monoisotopic (exact) mass is 322 g/mol. The van der Waals surface area contributed by atoms with Gasteiger partial charge >= 0.3 is 6.09 Å². The summed E-state index contributed by atoms with van der Waals surface area (Å²) in [6, 6.07) is 10.4. The number of thioether (sulfide) groups is 1. The minimum atomic E-state index is -0.938. The average Bonchev–Trinajstić information content (AvgIpc) is 2.76. The zero-order valence-electron chi connectivity index (χ0n) is 13.2. The average molecular weight is 322 g/mol. The first-order valence-corrected chi connectivity index (χ1v) is 8.98. The Morgan fingerprint density at radius 3 is 2.45 bits per heavy atom. The van der Waals surface area contributed by atoms with E-state index >= 15 is 0 Å². The molecule has 0 spiro atoms. The van der Waals surface area contributed by atoms with Gasteiger partial charge in [0, 0.05) is 10.9 Å². The van der Waals surface area contributed by atoms with E-state index in [1.54, 1.807) is 0 Å². The molecule has 1 aliphatic rings. The molecule has 1 aliphatic heterocycles. The molecule has 22 heavy (non-hydrogen) atoms. The third-order valence-electron chi connectivity index (χ3n) is 3.99. The summed E-state index contributed by atoms with van der Waals surface area (Å²) in [6.45, 7) is 4.18. The lowest BCUT2D eigenvalue weighted by Crippen LogP contribution is -2.40. The van der Waals surface area contributed by atoms with Gasteiger partial charge in [-0.15, -0.1) is 11.8 Å². The number of likely N-dealkylation sites (tertiary alicyclic amines) is 1. The number of rotatable bonds is 6. The number of nitrogens with zero attached hydrogens (tertiary/aromatic N) is 1. The van der Waals surface area contributed by atoms with E-state index in [9.17, 15) is 4.79 Å². The lowest BCUT2D eigenvalue weighted by atomic mass is 10.2. The van der Waals surface area contributed by atoms with Gasteiger partial charge in [-0.1, -0.05) is 31.0 Å². The molecule has 1 saturated heterocycles. The summed E-state index contributed by atoms with van der Waals surface area (Å²) in [6.07, 6.45) is 4.99. The molecule has 0 aliphatic carbocycles. The van der Waals surface area contributed by atoms with Crippen LogP contribution in [-0.2, 0) is 0 Å². The second-order valence-corrected chi connectivity index (χ2v) is 7.17. The van der Waals surface area contributed by atoms with Crippen molar-refractivity contribution in [3.63, 3.8) is 0 Å².